The topological polar surface area (TPSA) is 18.5 Å². The van der Waals surface area contributed by atoms with Gasteiger partial charge in [-0.05, 0) is 172 Å². The second kappa shape index (κ2) is 47.4. The maximum absolute atomic E-state index is 6.40. The second-order valence-electron chi connectivity index (χ2n) is 20.9. The van der Waals surface area contributed by atoms with E-state index in [1.54, 1.807) is 22.7 Å². The molecule has 15 rings (SSSR count). The van der Waals surface area contributed by atoms with Crippen molar-refractivity contribution in [2.24, 2.45) is 0 Å². The van der Waals surface area contributed by atoms with Crippen LogP contribution in [0.1, 0.15) is 179 Å². The molecule has 0 aliphatic carbocycles. The number of rotatable bonds is 12. The Kier molecular flexibility index (Phi) is 43.2. The maximum Gasteiger partial charge on any atom is 0.154 e. The monoisotopic (exact) mass is 1510 g/mol. The van der Waals surface area contributed by atoms with E-state index in [2.05, 4.69) is 199 Å². The summed E-state index contributed by atoms with van der Waals surface area (Å²) in [5.74, 6) is 3.52. The van der Waals surface area contributed by atoms with Crippen LogP contribution in [0.4, 0.5) is 0 Å². The zero-order valence-corrected chi connectivity index (χ0v) is 65.8. The van der Waals surface area contributed by atoms with Gasteiger partial charge in [-0.25, -0.2) is 0 Å². The molecule has 0 spiro atoms. The number of ether oxygens (including phenoxy) is 2. The van der Waals surface area contributed by atoms with Crippen LogP contribution >= 0.6 is 91.5 Å². The fourth-order valence-electron chi connectivity index (χ4n) is 10.8. The third kappa shape index (κ3) is 23.0. The molecule has 0 radical (unpaired) electrons. The van der Waals surface area contributed by atoms with Gasteiger partial charge in [-0.1, -0.05) is 285 Å². The van der Waals surface area contributed by atoms with Crippen LogP contribution in [0.15, 0.2) is 238 Å². The first-order valence-corrected chi connectivity index (χ1v) is 40.5. The SMILES string of the molecule is C.C.C.C.C.C.CC.CC.CC.CC.CC.CC.Cc1cc2c(Cc3ccccc3)c3sc(C)cc3c(Cc3ccccc3)c2s1.Cc1cc2c(Oc3ccccc3)c3sc(C)cc3c(Oc3ccccc3)c2s1.Cc1cc2c(Sc3ccccc3)c3sc(C)cc3c(Sc3ccccc3)c2s1. The van der Waals surface area contributed by atoms with Crippen LogP contribution in [0, 0.1) is 41.5 Å². The van der Waals surface area contributed by atoms with Crippen molar-refractivity contribution in [1.82, 2.24) is 0 Å². The number of thiophene rings is 6. The van der Waals surface area contributed by atoms with Crippen molar-refractivity contribution in [3.05, 3.63) is 270 Å². The largest absolute Gasteiger partial charge is 0.455 e. The molecule has 0 saturated carbocycles. The van der Waals surface area contributed by atoms with Gasteiger partial charge < -0.3 is 9.47 Å². The maximum atomic E-state index is 6.40. The van der Waals surface area contributed by atoms with Crippen molar-refractivity contribution in [3.8, 4) is 23.0 Å². The first kappa shape index (κ1) is 93.1. The minimum absolute atomic E-state index is 0. The molecule has 10 heteroatoms. The lowest BCUT2D eigenvalue weighted by molar-refractivity contribution is 0.487. The molecule has 6 aromatic heterocycles. The van der Waals surface area contributed by atoms with E-state index in [1.165, 1.54) is 111 Å². The summed E-state index contributed by atoms with van der Waals surface area (Å²) >= 11 is 15.0. The molecule has 0 amide bonds. The Morgan fingerprint density at radius 2 is 0.480 bits per heavy atom. The van der Waals surface area contributed by atoms with Crippen molar-refractivity contribution in [2.45, 2.75) is 202 Å². The molecule has 9 aromatic carbocycles. The Bertz CT molecular complexity index is 3820. The summed E-state index contributed by atoms with van der Waals surface area (Å²) in [5, 5.41) is 7.89. The van der Waals surface area contributed by atoms with Crippen molar-refractivity contribution in [3.63, 3.8) is 0 Å². The number of fused-ring (bicyclic) bond motifs is 6. The summed E-state index contributed by atoms with van der Waals surface area (Å²) in [4.78, 5) is 13.4. The molecule has 0 saturated heterocycles. The molecule has 0 aliphatic heterocycles. The van der Waals surface area contributed by atoms with Gasteiger partial charge in [0.25, 0.3) is 0 Å². The molecular formula is C92H118O2S8. The van der Waals surface area contributed by atoms with Crippen molar-refractivity contribution in [2.75, 3.05) is 0 Å². The molecular weight excluding hydrogens is 1390 g/mol. The van der Waals surface area contributed by atoms with Crippen LogP contribution in [0.25, 0.3) is 60.5 Å². The Hall–Kier alpha value is -6.96. The van der Waals surface area contributed by atoms with Crippen molar-refractivity contribution in [1.29, 1.82) is 0 Å². The number of para-hydroxylation sites is 2. The van der Waals surface area contributed by atoms with Crippen LogP contribution in [-0.4, -0.2) is 0 Å². The highest BCUT2D eigenvalue weighted by molar-refractivity contribution is 8.00. The van der Waals surface area contributed by atoms with Gasteiger partial charge >= 0.3 is 0 Å². The van der Waals surface area contributed by atoms with E-state index in [-0.39, 0.29) is 44.6 Å². The third-order valence-corrected chi connectivity index (χ3v) is 23.4. The standard InChI is InChI=1S/C26H22S2.C24H18O2S2.C24H18S4.6C2H6.6CH4/c1-17-13-21-23(15-19-9-5-3-6-10-19)26-22(14-18(2)28-26)24(25(21)27-17)16-20-11-7-4-8-12-20;1-15-13-19-21(25-17-9-5-3-6-10-17)24-20(14-16(2)28-24)22(23(19)27-15)26-18-11-7-4-8-12-18;1-15-13-19-21(25-15)24(28-18-11-7-4-8-12-18)20-14-16(2)26-22(20)23(19)27-17-9-5-3-6-10-17;6*1-2;;;;;;/h3-14H,15-16H2,1-2H3;2*3-14H,1-2H3;6*1-2H3;6*1H4. The van der Waals surface area contributed by atoms with E-state index in [1.807, 2.05) is 213 Å². The second-order valence-corrected chi connectivity index (χ2v) is 30.6. The van der Waals surface area contributed by atoms with Crippen LogP contribution in [0.5, 0.6) is 23.0 Å². The highest BCUT2D eigenvalue weighted by Gasteiger charge is 2.24. The van der Waals surface area contributed by atoms with E-state index in [0.29, 0.717) is 0 Å². The first-order chi connectivity index (χ1) is 47.1. The third-order valence-electron chi connectivity index (χ3n) is 14.4. The normalized spacial score (nSPS) is 9.75. The number of benzene rings is 9. The number of aryl methyl sites for hydroxylation is 6. The van der Waals surface area contributed by atoms with Gasteiger partial charge in [-0.15, -0.1) is 68.0 Å². The Morgan fingerprint density at radius 3 is 0.765 bits per heavy atom. The number of hydrogen-bond donors (Lipinski definition) is 0. The van der Waals surface area contributed by atoms with Crippen molar-refractivity contribution >= 4 is 152 Å². The van der Waals surface area contributed by atoms with Gasteiger partial charge in [0.1, 0.15) is 11.5 Å². The Balaban J connectivity index is 0.000000692. The zero-order valence-electron chi connectivity index (χ0n) is 59.3. The van der Waals surface area contributed by atoms with Crippen LogP contribution in [-0.2, 0) is 12.8 Å². The fourth-order valence-corrected chi connectivity index (χ4v) is 19.6. The Labute approximate surface area is 650 Å². The summed E-state index contributed by atoms with van der Waals surface area (Å²) < 4.78 is 20.8. The van der Waals surface area contributed by atoms with Gasteiger partial charge in [0.15, 0.2) is 11.5 Å². The first-order valence-electron chi connectivity index (χ1n) is 33.9. The smallest absolute Gasteiger partial charge is 0.154 e. The molecule has 6 heterocycles. The van der Waals surface area contributed by atoms with E-state index < -0.39 is 0 Å². The van der Waals surface area contributed by atoms with Gasteiger partial charge in [-0.3, -0.25) is 0 Å². The van der Waals surface area contributed by atoms with Crippen LogP contribution in [0.2, 0.25) is 0 Å². The summed E-state index contributed by atoms with van der Waals surface area (Å²) in [6.45, 7) is 37.2. The van der Waals surface area contributed by atoms with Gasteiger partial charge in [0.05, 0.1) is 18.8 Å². The van der Waals surface area contributed by atoms with E-state index >= 15 is 0 Å². The van der Waals surface area contributed by atoms with E-state index in [9.17, 15) is 0 Å². The molecule has 2 nitrogen and oxygen atoms in total. The highest BCUT2D eigenvalue weighted by Crippen LogP contribution is 2.53. The van der Waals surface area contributed by atoms with Crippen LogP contribution < -0.4 is 9.47 Å². The van der Waals surface area contributed by atoms with Crippen LogP contribution in [0.3, 0.4) is 0 Å². The summed E-state index contributed by atoms with van der Waals surface area (Å²) in [5.41, 5.74) is 5.76. The summed E-state index contributed by atoms with van der Waals surface area (Å²) in [6.07, 6.45) is 1.99. The minimum atomic E-state index is 0. The molecule has 15 aromatic rings. The average molecular weight is 1510 g/mol. The predicted octanol–water partition coefficient (Wildman–Crippen LogP) is 35.2. The average Bonchev–Trinajstić information content (AvgIpc) is 1.59. The van der Waals surface area contributed by atoms with Gasteiger partial charge in [-0.2, -0.15) is 0 Å². The van der Waals surface area contributed by atoms with Gasteiger partial charge in [0, 0.05) is 79.8 Å². The Morgan fingerprint density at radius 1 is 0.255 bits per heavy atom. The van der Waals surface area contributed by atoms with E-state index in [0.717, 1.165) is 56.0 Å². The minimum Gasteiger partial charge on any atom is -0.455 e. The predicted molar refractivity (Wildman–Crippen MR) is 481 cm³/mol. The molecule has 0 atom stereocenters. The highest BCUT2D eigenvalue weighted by atomic mass is 32.2. The quantitative estimate of drug-likeness (QED) is 0.121. The number of hydrogen-bond acceptors (Lipinski definition) is 10. The summed E-state index contributed by atoms with van der Waals surface area (Å²) in [6, 6.07) is 77.1. The molecule has 102 heavy (non-hydrogen) atoms. The summed E-state index contributed by atoms with van der Waals surface area (Å²) in [7, 11) is 0. The van der Waals surface area contributed by atoms with E-state index in [4.69, 9.17) is 9.47 Å². The van der Waals surface area contributed by atoms with Gasteiger partial charge in [0.2, 0.25) is 0 Å². The molecule has 546 valence electrons. The lowest BCUT2D eigenvalue weighted by Crippen LogP contribution is -1.94. The van der Waals surface area contributed by atoms with Crippen molar-refractivity contribution < 1.29 is 9.47 Å². The molecule has 0 fully saturated rings. The zero-order chi connectivity index (χ0) is 69.3. The lowest BCUT2D eigenvalue weighted by Gasteiger charge is -2.13. The molecule has 0 aliphatic rings. The molecule has 0 unspecified atom stereocenters. The fraction of sp³-hybridized carbons (Fsp3) is 0.283. The lowest BCUT2D eigenvalue weighted by atomic mass is 9.94. The molecule has 0 bridgehead atoms. The molecule has 0 N–H and O–H groups in total.